The van der Waals surface area contributed by atoms with Gasteiger partial charge < -0.3 is 0 Å². The lowest BCUT2D eigenvalue weighted by molar-refractivity contribution is 0.278. The van der Waals surface area contributed by atoms with Crippen molar-refractivity contribution in [2.75, 3.05) is 0 Å². The van der Waals surface area contributed by atoms with Crippen molar-refractivity contribution in [3.8, 4) is 0 Å². The fourth-order valence-electron chi connectivity index (χ4n) is 3.04. The molecular formula is C16H21NS. The molecule has 1 aliphatic carbocycles. The van der Waals surface area contributed by atoms with Crippen molar-refractivity contribution in [3.05, 3.63) is 29.3 Å². The SMILES string of the molecule is CC1CCC(CCc2ccc3ncsc3c2)CC1. The zero-order valence-corrected chi connectivity index (χ0v) is 11.9. The van der Waals surface area contributed by atoms with Gasteiger partial charge in [-0.15, -0.1) is 11.3 Å². The summed E-state index contributed by atoms with van der Waals surface area (Å²) in [6.45, 7) is 2.40. The van der Waals surface area contributed by atoms with Gasteiger partial charge in [0.1, 0.15) is 0 Å². The largest absolute Gasteiger partial charge is 0.245 e. The number of aromatic nitrogens is 1. The highest BCUT2D eigenvalue weighted by Gasteiger charge is 2.17. The second-order valence-corrected chi connectivity index (χ2v) is 6.71. The second-order valence-electron chi connectivity index (χ2n) is 5.82. The van der Waals surface area contributed by atoms with Crippen LogP contribution in [-0.4, -0.2) is 4.98 Å². The molecule has 1 saturated carbocycles. The third-order valence-electron chi connectivity index (χ3n) is 4.37. The summed E-state index contributed by atoms with van der Waals surface area (Å²) in [5, 5.41) is 0. The summed E-state index contributed by atoms with van der Waals surface area (Å²) in [7, 11) is 0. The third-order valence-corrected chi connectivity index (χ3v) is 5.16. The average molecular weight is 259 g/mol. The second kappa shape index (κ2) is 5.40. The van der Waals surface area contributed by atoms with Crippen molar-refractivity contribution < 1.29 is 0 Å². The molecule has 1 fully saturated rings. The van der Waals surface area contributed by atoms with Crippen molar-refractivity contribution in [2.24, 2.45) is 11.8 Å². The first-order valence-electron chi connectivity index (χ1n) is 7.13. The summed E-state index contributed by atoms with van der Waals surface area (Å²) < 4.78 is 1.34. The molecule has 0 saturated heterocycles. The Kier molecular flexibility index (Phi) is 3.64. The molecule has 2 aromatic rings. The Morgan fingerprint density at radius 1 is 1.22 bits per heavy atom. The summed E-state index contributed by atoms with van der Waals surface area (Å²) in [4.78, 5) is 4.34. The normalized spacial score (nSPS) is 24.5. The van der Waals surface area contributed by atoms with Gasteiger partial charge >= 0.3 is 0 Å². The molecule has 0 unspecified atom stereocenters. The van der Waals surface area contributed by atoms with E-state index in [0.29, 0.717) is 0 Å². The van der Waals surface area contributed by atoms with E-state index < -0.39 is 0 Å². The van der Waals surface area contributed by atoms with Gasteiger partial charge in [0.05, 0.1) is 15.7 Å². The van der Waals surface area contributed by atoms with E-state index in [-0.39, 0.29) is 0 Å². The van der Waals surface area contributed by atoms with E-state index in [4.69, 9.17) is 0 Å². The Hall–Kier alpha value is -0.890. The number of rotatable bonds is 3. The van der Waals surface area contributed by atoms with E-state index in [1.807, 2.05) is 5.51 Å². The van der Waals surface area contributed by atoms with E-state index in [2.05, 4.69) is 30.1 Å². The van der Waals surface area contributed by atoms with E-state index in [0.717, 1.165) is 17.4 Å². The van der Waals surface area contributed by atoms with Crippen LogP contribution in [0.15, 0.2) is 23.7 Å². The quantitative estimate of drug-likeness (QED) is 0.751. The summed E-state index contributed by atoms with van der Waals surface area (Å²) in [6, 6.07) is 6.76. The van der Waals surface area contributed by atoms with Crippen LogP contribution in [0, 0.1) is 11.8 Å². The zero-order chi connectivity index (χ0) is 12.4. The van der Waals surface area contributed by atoms with E-state index in [9.17, 15) is 0 Å². The van der Waals surface area contributed by atoms with Crippen LogP contribution in [0.3, 0.4) is 0 Å². The van der Waals surface area contributed by atoms with Crippen LogP contribution in [0.1, 0.15) is 44.6 Å². The van der Waals surface area contributed by atoms with Gasteiger partial charge in [-0.1, -0.05) is 38.7 Å². The monoisotopic (exact) mass is 259 g/mol. The van der Waals surface area contributed by atoms with Gasteiger partial charge in [-0.2, -0.15) is 0 Å². The van der Waals surface area contributed by atoms with Crippen molar-refractivity contribution in [1.82, 2.24) is 4.98 Å². The smallest absolute Gasteiger partial charge is 0.0812 e. The van der Waals surface area contributed by atoms with Crippen molar-refractivity contribution in [3.63, 3.8) is 0 Å². The van der Waals surface area contributed by atoms with Crippen molar-refractivity contribution >= 4 is 21.6 Å². The molecule has 96 valence electrons. The Labute approximate surface area is 113 Å². The van der Waals surface area contributed by atoms with Gasteiger partial charge in [0, 0.05) is 0 Å². The molecule has 18 heavy (non-hydrogen) atoms. The maximum Gasteiger partial charge on any atom is 0.0812 e. The first kappa shape index (κ1) is 12.2. The van der Waals surface area contributed by atoms with Crippen LogP contribution < -0.4 is 0 Å². The predicted octanol–water partition coefficient (Wildman–Crippen LogP) is 5.06. The van der Waals surface area contributed by atoms with Crippen LogP contribution in [0.5, 0.6) is 0 Å². The maximum absolute atomic E-state index is 4.34. The Balaban J connectivity index is 1.59. The topological polar surface area (TPSA) is 12.9 Å². The van der Waals surface area contributed by atoms with E-state index in [1.54, 1.807) is 11.3 Å². The highest BCUT2D eigenvalue weighted by atomic mass is 32.1. The molecule has 2 heteroatoms. The fourth-order valence-corrected chi connectivity index (χ4v) is 3.78. The van der Waals surface area contributed by atoms with Crippen LogP contribution in [-0.2, 0) is 6.42 Å². The number of aryl methyl sites for hydroxylation is 1. The molecule has 0 bridgehead atoms. The van der Waals surface area contributed by atoms with Crippen molar-refractivity contribution in [2.45, 2.75) is 45.4 Å². The van der Waals surface area contributed by atoms with E-state index >= 15 is 0 Å². The lowest BCUT2D eigenvalue weighted by Crippen LogP contribution is -2.12. The Bertz CT molecular complexity index is 509. The maximum atomic E-state index is 4.34. The van der Waals surface area contributed by atoms with Crippen LogP contribution >= 0.6 is 11.3 Å². The summed E-state index contributed by atoms with van der Waals surface area (Å²) in [5.74, 6) is 1.94. The number of nitrogens with zero attached hydrogens (tertiary/aromatic N) is 1. The third kappa shape index (κ3) is 2.74. The molecule has 0 atom stereocenters. The summed E-state index contributed by atoms with van der Waals surface area (Å²) in [6.07, 6.45) is 8.40. The lowest BCUT2D eigenvalue weighted by atomic mass is 9.80. The number of thiazole rings is 1. The first-order chi connectivity index (χ1) is 8.81. The minimum Gasteiger partial charge on any atom is -0.245 e. The highest BCUT2D eigenvalue weighted by Crippen LogP contribution is 2.31. The Morgan fingerprint density at radius 2 is 2.06 bits per heavy atom. The molecule has 1 aromatic heterocycles. The number of fused-ring (bicyclic) bond motifs is 1. The van der Waals surface area contributed by atoms with Gasteiger partial charge in [-0.3, -0.25) is 0 Å². The van der Waals surface area contributed by atoms with Crippen LogP contribution in [0.4, 0.5) is 0 Å². The molecule has 0 N–H and O–H groups in total. The van der Waals surface area contributed by atoms with Crippen molar-refractivity contribution in [1.29, 1.82) is 0 Å². The number of hydrogen-bond donors (Lipinski definition) is 0. The summed E-state index contributed by atoms with van der Waals surface area (Å²) in [5.41, 5.74) is 4.58. The molecule has 1 heterocycles. The summed E-state index contributed by atoms with van der Waals surface area (Å²) >= 11 is 1.75. The minimum atomic E-state index is 0.967. The molecule has 0 aliphatic heterocycles. The zero-order valence-electron chi connectivity index (χ0n) is 11.1. The number of hydrogen-bond acceptors (Lipinski definition) is 2. The van der Waals surface area contributed by atoms with E-state index in [1.165, 1.54) is 48.8 Å². The first-order valence-corrected chi connectivity index (χ1v) is 8.01. The fraction of sp³-hybridized carbons (Fsp3) is 0.562. The molecule has 3 rings (SSSR count). The molecule has 1 aliphatic rings. The molecule has 1 nitrogen and oxygen atoms in total. The average Bonchev–Trinajstić information content (AvgIpc) is 2.85. The molecule has 0 radical (unpaired) electrons. The molecule has 0 spiro atoms. The van der Waals surface area contributed by atoms with Gasteiger partial charge in [0.25, 0.3) is 0 Å². The highest BCUT2D eigenvalue weighted by molar-refractivity contribution is 7.16. The van der Waals surface area contributed by atoms with Gasteiger partial charge in [0.15, 0.2) is 0 Å². The minimum absolute atomic E-state index is 0.967. The number of benzene rings is 1. The van der Waals surface area contributed by atoms with Gasteiger partial charge in [0.2, 0.25) is 0 Å². The van der Waals surface area contributed by atoms with Crippen LogP contribution in [0.2, 0.25) is 0 Å². The molecule has 0 amide bonds. The van der Waals surface area contributed by atoms with Gasteiger partial charge in [-0.25, -0.2) is 4.98 Å². The lowest BCUT2D eigenvalue weighted by Gasteiger charge is -2.26. The van der Waals surface area contributed by atoms with Crippen LogP contribution in [0.25, 0.3) is 10.2 Å². The molecule has 1 aromatic carbocycles. The standard InChI is InChI=1S/C16H21NS/c1-12-2-4-13(5-3-12)6-7-14-8-9-15-16(10-14)18-11-17-15/h8-13H,2-7H2,1H3. The van der Waals surface area contributed by atoms with Gasteiger partial charge in [-0.05, 0) is 42.4 Å². The predicted molar refractivity (Wildman–Crippen MR) is 79.1 cm³/mol. The Morgan fingerprint density at radius 3 is 2.89 bits per heavy atom. The molecular weight excluding hydrogens is 238 g/mol.